The van der Waals surface area contributed by atoms with Crippen molar-refractivity contribution in [3.05, 3.63) is 0 Å². The zero-order valence-electron chi connectivity index (χ0n) is 10.2. The van der Waals surface area contributed by atoms with E-state index in [1.165, 1.54) is 0 Å². The molecule has 0 radical (unpaired) electrons. The van der Waals surface area contributed by atoms with Crippen LogP contribution in [0.4, 0.5) is 0 Å². The molecule has 0 spiro atoms. The van der Waals surface area contributed by atoms with Gasteiger partial charge in [-0.15, -0.1) is 0 Å². The first-order valence-corrected chi connectivity index (χ1v) is 5.36. The SMILES string of the molecule is CN(C)CC(C)(C)CNC1=NCCN1N. The summed E-state index contributed by atoms with van der Waals surface area (Å²) in [6.07, 6.45) is 0. The van der Waals surface area contributed by atoms with Crippen molar-refractivity contribution >= 4 is 5.96 Å². The second-order valence-corrected chi connectivity index (χ2v) is 5.15. The van der Waals surface area contributed by atoms with Crippen molar-refractivity contribution < 1.29 is 0 Å². The van der Waals surface area contributed by atoms with E-state index >= 15 is 0 Å². The highest BCUT2D eigenvalue weighted by Crippen LogP contribution is 2.14. The highest BCUT2D eigenvalue weighted by molar-refractivity contribution is 5.80. The highest BCUT2D eigenvalue weighted by Gasteiger charge is 2.21. The van der Waals surface area contributed by atoms with E-state index in [1.54, 1.807) is 5.01 Å². The van der Waals surface area contributed by atoms with Crippen LogP contribution in [0.15, 0.2) is 4.99 Å². The fourth-order valence-corrected chi connectivity index (χ4v) is 1.85. The fraction of sp³-hybridized carbons (Fsp3) is 0.900. The number of nitrogens with zero attached hydrogens (tertiary/aromatic N) is 3. The van der Waals surface area contributed by atoms with E-state index in [9.17, 15) is 0 Å². The highest BCUT2D eigenvalue weighted by atomic mass is 15.5. The molecule has 0 unspecified atom stereocenters. The monoisotopic (exact) mass is 213 g/mol. The maximum atomic E-state index is 5.74. The molecule has 0 fully saturated rings. The molecule has 15 heavy (non-hydrogen) atoms. The molecule has 1 heterocycles. The van der Waals surface area contributed by atoms with E-state index in [4.69, 9.17) is 5.84 Å². The minimum atomic E-state index is 0.218. The Morgan fingerprint density at radius 1 is 1.53 bits per heavy atom. The molecule has 1 rings (SSSR count). The summed E-state index contributed by atoms with van der Waals surface area (Å²) in [6.45, 7) is 8.01. The average Bonchev–Trinajstić information content (AvgIpc) is 2.45. The topological polar surface area (TPSA) is 56.9 Å². The second-order valence-electron chi connectivity index (χ2n) is 5.15. The van der Waals surface area contributed by atoms with Crippen molar-refractivity contribution in [2.45, 2.75) is 13.8 Å². The van der Waals surface area contributed by atoms with E-state index in [2.05, 4.69) is 43.2 Å². The van der Waals surface area contributed by atoms with Crippen LogP contribution < -0.4 is 11.2 Å². The Kier molecular flexibility index (Phi) is 3.93. The number of rotatable bonds is 4. The third-order valence-corrected chi connectivity index (χ3v) is 2.34. The molecule has 0 amide bonds. The van der Waals surface area contributed by atoms with E-state index in [1.807, 2.05) is 0 Å². The van der Waals surface area contributed by atoms with Crippen LogP contribution >= 0.6 is 0 Å². The lowest BCUT2D eigenvalue weighted by Gasteiger charge is -2.29. The predicted octanol–water partition coefficient (Wildman–Crippen LogP) is -0.291. The first-order chi connectivity index (χ1) is 6.91. The van der Waals surface area contributed by atoms with Gasteiger partial charge in [-0.25, -0.2) is 5.84 Å². The number of aliphatic imine (C=N–C) groups is 1. The van der Waals surface area contributed by atoms with Gasteiger partial charge in [0.15, 0.2) is 0 Å². The van der Waals surface area contributed by atoms with Gasteiger partial charge in [0.05, 0.1) is 13.1 Å². The minimum absolute atomic E-state index is 0.218. The lowest BCUT2D eigenvalue weighted by atomic mass is 9.93. The van der Waals surface area contributed by atoms with E-state index < -0.39 is 0 Å². The number of hydrazine groups is 1. The normalized spacial score (nSPS) is 17.2. The van der Waals surface area contributed by atoms with Crippen molar-refractivity contribution in [2.24, 2.45) is 16.3 Å². The van der Waals surface area contributed by atoms with Crippen molar-refractivity contribution in [1.29, 1.82) is 0 Å². The Morgan fingerprint density at radius 3 is 2.67 bits per heavy atom. The van der Waals surface area contributed by atoms with Gasteiger partial charge in [-0.2, -0.15) is 0 Å². The zero-order chi connectivity index (χ0) is 11.5. The molecule has 3 N–H and O–H groups in total. The van der Waals surface area contributed by atoms with Gasteiger partial charge in [0.1, 0.15) is 0 Å². The molecule has 5 heteroatoms. The molecule has 0 saturated heterocycles. The lowest BCUT2D eigenvalue weighted by Crippen LogP contribution is -2.47. The molecule has 0 atom stereocenters. The second kappa shape index (κ2) is 4.81. The van der Waals surface area contributed by atoms with Gasteiger partial charge in [-0.05, 0) is 19.5 Å². The zero-order valence-corrected chi connectivity index (χ0v) is 10.2. The van der Waals surface area contributed by atoms with E-state index in [0.717, 1.165) is 32.1 Å². The quantitative estimate of drug-likeness (QED) is 0.630. The van der Waals surface area contributed by atoms with Crippen LogP contribution in [0.5, 0.6) is 0 Å². The summed E-state index contributed by atoms with van der Waals surface area (Å²) in [4.78, 5) is 6.48. The molecule has 0 aromatic carbocycles. The average molecular weight is 213 g/mol. The molecule has 0 bridgehead atoms. The van der Waals surface area contributed by atoms with Gasteiger partial charge in [0.25, 0.3) is 0 Å². The van der Waals surface area contributed by atoms with Crippen molar-refractivity contribution in [3.63, 3.8) is 0 Å². The van der Waals surface area contributed by atoms with Gasteiger partial charge in [-0.3, -0.25) is 10.0 Å². The first-order valence-electron chi connectivity index (χ1n) is 5.36. The lowest BCUT2D eigenvalue weighted by molar-refractivity contribution is 0.239. The number of hydrogen-bond donors (Lipinski definition) is 2. The Balaban J connectivity index is 2.35. The summed E-state index contributed by atoms with van der Waals surface area (Å²) in [7, 11) is 4.17. The van der Waals surface area contributed by atoms with Crippen molar-refractivity contribution in [1.82, 2.24) is 15.2 Å². The van der Waals surface area contributed by atoms with Gasteiger partial charge >= 0.3 is 0 Å². The smallest absolute Gasteiger partial charge is 0.208 e. The third-order valence-electron chi connectivity index (χ3n) is 2.34. The molecule has 88 valence electrons. The van der Waals surface area contributed by atoms with Crippen LogP contribution in [-0.4, -0.2) is 56.1 Å². The predicted molar refractivity (Wildman–Crippen MR) is 63.5 cm³/mol. The third kappa shape index (κ3) is 4.05. The largest absolute Gasteiger partial charge is 0.355 e. The molecule has 5 nitrogen and oxygen atoms in total. The molecule has 0 aromatic heterocycles. The minimum Gasteiger partial charge on any atom is -0.355 e. The maximum Gasteiger partial charge on any atom is 0.208 e. The first kappa shape index (κ1) is 12.3. The Hall–Kier alpha value is -0.810. The Labute approximate surface area is 92.3 Å². The van der Waals surface area contributed by atoms with Crippen molar-refractivity contribution in [2.75, 3.05) is 40.3 Å². The fourth-order valence-electron chi connectivity index (χ4n) is 1.85. The van der Waals surface area contributed by atoms with Crippen LogP contribution in [-0.2, 0) is 0 Å². The van der Waals surface area contributed by atoms with Gasteiger partial charge in [-0.1, -0.05) is 13.8 Å². The standard InChI is InChI=1S/C10H23N5/c1-10(2,8-14(3)4)7-13-9-12-5-6-15(9)11/h5-8,11H2,1-4H3,(H,12,13). The molecule has 0 saturated carbocycles. The van der Waals surface area contributed by atoms with Crippen LogP contribution in [0, 0.1) is 5.41 Å². The number of nitrogens with two attached hydrogens (primary N) is 1. The molecule has 1 aliphatic heterocycles. The summed E-state index contributed by atoms with van der Waals surface area (Å²) in [5, 5.41) is 4.97. The van der Waals surface area contributed by atoms with Crippen molar-refractivity contribution in [3.8, 4) is 0 Å². The Bertz CT molecular complexity index is 234. The number of hydrogen-bond acceptors (Lipinski definition) is 5. The molecular weight excluding hydrogens is 190 g/mol. The molecule has 1 aliphatic rings. The summed E-state index contributed by atoms with van der Waals surface area (Å²) in [5.74, 6) is 6.56. The van der Waals surface area contributed by atoms with Gasteiger partial charge in [0.2, 0.25) is 5.96 Å². The van der Waals surface area contributed by atoms with Gasteiger partial charge in [0, 0.05) is 13.1 Å². The van der Waals surface area contributed by atoms with Crippen LogP contribution in [0.1, 0.15) is 13.8 Å². The van der Waals surface area contributed by atoms with Crippen LogP contribution in [0.3, 0.4) is 0 Å². The number of nitrogens with one attached hydrogen (secondary N) is 1. The molecule has 0 aromatic rings. The molecule has 0 aliphatic carbocycles. The van der Waals surface area contributed by atoms with Gasteiger partial charge < -0.3 is 10.2 Å². The molecular formula is C10H23N5. The summed E-state index contributed by atoms with van der Waals surface area (Å²) >= 11 is 0. The Morgan fingerprint density at radius 2 is 2.20 bits per heavy atom. The maximum absolute atomic E-state index is 5.74. The van der Waals surface area contributed by atoms with E-state index in [-0.39, 0.29) is 5.41 Å². The van der Waals surface area contributed by atoms with Crippen LogP contribution in [0.2, 0.25) is 0 Å². The van der Waals surface area contributed by atoms with E-state index in [0.29, 0.717) is 0 Å². The summed E-state index contributed by atoms with van der Waals surface area (Å²) in [6, 6.07) is 0. The van der Waals surface area contributed by atoms with Crippen LogP contribution in [0.25, 0.3) is 0 Å². The number of guanidine groups is 1. The summed E-state index contributed by atoms with van der Waals surface area (Å²) in [5.41, 5.74) is 0.218. The summed E-state index contributed by atoms with van der Waals surface area (Å²) < 4.78 is 0.